The van der Waals surface area contributed by atoms with E-state index in [1.165, 1.54) is 51.4 Å². The van der Waals surface area contributed by atoms with Crippen LogP contribution in [0.15, 0.2) is 0 Å². The van der Waals surface area contributed by atoms with E-state index in [1.54, 1.807) is 0 Å². The van der Waals surface area contributed by atoms with Gasteiger partial charge in [-0.05, 0) is 25.2 Å². The fraction of sp³-hybridized carbons (Fsp3) is 0.955. The van der Waals surface area contributed by atoms with E-state index < -0.39 is 0 Å². The first-order valence-electron chi connectivity index (χ1n) is 11.1. The van der Waals surface area contributed by atoms with E-state index in [2.05, 4.69) is 20.8 Å². The van der Waals surface area contributed by atoms with E-state index in [9.17, 15) is 4.79 Å². The summed E-state index contributed by atoms with van der Waals surface area (Å²) in [7, 11) is 0. The Morgan fingerprint density at radius 3 is 2.15 bits per heavy atom. The molecule has 0 fully saturated rings. The van der Waals surface area contributed by atoms with Gasteiger partial charge in [-0.1, -0.05) is 72.1 Å². The van der Waals surface area contributed by atoms with Gasteiger partial charge in [-0.3, -0.25) is 4.79 Å². The monoisotopic (exact) mass is 372 g/mol. The van der Waals surface area contributed by atoms with Gasteiger partial charge < -0.3 is 14.2 Å². The Morgan fingerprint density at radius 2 is 1.42 bits per heavy atom. The number of unbranched alkanes of at least 4 members (excludes halogenated alkanes) is 6. The minimum atomic E-state index is -0.0971. The van der Waals surface area contributed by atoms with E-state index in [0.717, 1.165) is 25.9 Å². The lowest BCUT2D eigenvalue weighted by Crippen LogP contribution is -2.13. The Balaban J connectivity index is 3.29. The Morgan fingerprint density at radius 1 is 0.731 bits per heavy atom. The molecule has 0 aromatic heterocycles. The summed E-state index contributed by atoms with van der Waals surface area (Å²) in [5.74, 6) is 0.580. The van der Waals surface area contributed by atoms with Crippen molar-refractivity contribution in [3.63, 3.8) is 0 Å². The van der Waals surface area contributed by atoms with Crippen LogP contribution >= 0.6 is 0 Å². The standard InChI is InChI=1S/C22H44O4/c1-4-7-9-10-11-12-17-26-22(23)15-13-16-24-18-19-25-20-21(6-3)14-8-5-2/h21H,4-20H2,1-3H3. The Bertz CT molecular complexity index is 294. The van der Waals surface area contributed by atoms with E-state index in [0.29, 0.717) is 38.8 Å². The summed E-state index contributed by atoms with van der Waals surface area (Å²) in [5.41, 5.74) is 0. The second-order valence-electron chi connectivity index (χ2n) is 7.20. The molecule has 0 rings (SSSR count). The molecule has 0 amide bonds. The summed E-state index contributed by atoms with van der Waals surface area (Å²) in [5, 5.41) is 0. The molecule has 4 nitrogen and oxygen atoms in total. The summed E-state index contributed by atoms with van der Waals surface area (Å²) in [6.07, 6.45) is 13.4. The molecule has 0 heterocycles. The molecule has 1 unspecified atom stereocenters. The van der Waals surface area contributed by atoms with Gasteiger partial charge in [0.1, 0.15) is 0 Å². The second-order valence-corrected chi connectivity index (χ2v) is 7.20. The minimum Gasteiger partial charge on any atom is -0.466 e. The largest absolute Gasteiger partial charge is 0.466 e. The fourth-order valence-corrected chi connectivity index (χ4v) is 2.83. The van der Waals surface area contributed by atoms with Crippen molar-refractivity contribution in [1.82, 2.24) is 0 Å². The maximum Gasteiger partial charge on any atom is 0.305 e. The van der Waals surface area contributed by atoms with Crippen molar-refractivity contribution >= 4 is 5.97 Å². The van der Waals surface area contributed by atoms with E-state index >= 15 is 0 Å². The molecule has 0 aliphatic heterocycles. The number of carbonyl (C=O) groups excluding carboxylic acids is 1. The lowest BCUT2D eigenvalue weighted by Gasteiger charge is -2.14. The van der Waals surface area contributed by atoms with Crippen LogP contribution < -0.4 is 0 Å². The van der Waals surface area contributed by atoms with Crippen LogP contribution in [0.3, 0.4) is 0 Å². The summed E-state index contributed by atoms with van der Waals surface area (Å²) in [6, 6.07) is 0. The Labute approximate surface area is 162 Å². The van der Waals surface area contributed by atoms with Gasteiger partial charge in [0.25, 0.3) is 0 Å². The van der Waals surface area contributed by atoms with E-state index in [1.807, 2.05) is 0 Å². The zero-order valence-electron chi connectivity index (χ0n) is 17.7. The minimum absolute atomic E-state index is 0.0971. The van der Waals surface area contributed by atoms with Crippen LogP contribution in [0.1, 0.15) is 97.8 Å². The molecule has 0 bridgehead atoms. The summed E-state index contributed by atoms with van der Waals surface area (Å²) in [4.78, 5) is 11.6. The molecule has 156 valence electrons. The number of rotatable bonds is 20. The fourth-order valence-electron chi connectivity index (χ4n) is 2.83. The Kier molecular flexibility index (Phi) is 20.2. The van der Waals surface area contributed by atoms with Crippen molar-refractivity contribution in [3.05, 3.63) is 0 Å². The maximum atomic E-state index is 11.6. The molecule has 4 heteroatoms. The van der Waals surface area contributed by atoms with Gasteiger partial charge in [0.2, 0.25) is 0 Å². The third-order valence-electron chi connectivity index (χ3n) is 4.70. The van der Waals surface area contributed by atoms with Crippen molar-refractivity contribution in [2.75, 3.05) is 33.0 Å². The molecule has 0 radical (unpaired) electrons. The quantitative estimate of drug-likeness (QED) is 0.196. The van der Waals surface area contributed by atoms with Crippen LogP contribution in [0.4, 0.5) is 0 Å². The number of esters is 1. The lowest BCUT2D eigenvalue weighted by molar-refractivity contribution is -0.144. The van der Waals surface area contributed by atoms with Gasteiger partial charge in [-0.15, -0.1) is 0 Å². The third-order valence-corrected chi connectivity index (χ3v) is 4.70. The maximum absolute atomic E-state index is 11.6. The molecular weight excluding hydrogens is 328 g/mol. The third kappa shape index (κ3) is 18.2. The van der Waals surface area contributed by atoms with Crippen molar-refractivity contribution in [3.8, 4) is 0 Å². The topological polar surface area (TPSA) is 44.8 Å². The van der Waals surface area contributed by atoms with Gasteiger partial charge in [0, 0.05) is 19.6 Å². The average molecular weight is 373 g/mol. The normalized spacial score (nSPS) is 12.3. The summed E-state index contributed by atoms with van der Waals surface area (Å²) >= 11 is 0. The lowest BCUT2D eigenvalue weighted by atomic mass is 10.0. The van der Waals surface area contributed by atoms with Gasteiger partial charge in [-0.25, -0.2) is 0 Å². The van der Waals surface area contributed by atoms with Crippen molar-refractivity contribution in [2.24, 2.45) is 5.92 Å². The van der Waals surface area contributed by atoms with Crippen LogP contribution in [0.5, 0.6) is 0 Å². The number of hydrogen-bond donors (Lipinski definition) is 0. The number of carbonyl (C=O) groups is 1. The van der Waals surface area contributed by atoms with Crippen LogP contribution in [-0.4, -0.2) is 39.0 Å². The number of ether oxygens (including phenoxy) is 3. The molecular formula is C22H44O4. The van der Waals surface area contributed by atoms with Crippen molar-refractivity contribution < 1.29 is 19.0 Å². The molecule has 0 aliphatic rings. The molecule has 0 spiro atoms. The second kappa shape index (κ2) is 20.7. The van der Waals surface area contributed by atoms with Gasteiger partial charge in [-0.2, -0.15) is 0 Å². The van der Waals surface area contributed by atoms with E-state index in [-0.39, 0.29) is 5.97 Å². The highest BCUT2D eigenvalue weighted by Crippen LogP contribution is 2.12. The van der Waals surface area contributed by atoms with Crippen LogP contribution in [0.2, 0.25) is 0 Å². The molecule has 0 N–H and O–H groups in total. The predicted molar refractivity (Wildman–Crippen MR) is 109 cm³/mol. The SMILES string of the molecule is CCCCCCCCOC(=O)CCCOCCOCC(CC)CCCC. The molecule has 0 saturated carbocycles. The van der Waals surface area contributed by atoms with Gasteiger partial charge >= 0.3 is 5.97 Å². The first-order valence-corrected chi connectivity index (χ1v) is 11.1. The number of hydrogen-bond acceptors (Lipinski definition) is 4. The Hall–Kier alpha value is -0.610. The van der Waals surface area contributed by atoms with Crippen LogP contribution in [0, 0.1) is 5.92 Å². The van der Waals surface area contributed by atoms with Crippen molar-refractivity contribution in [2.45, 2.75) is 97.8 Å². The zero-order valence-corrected chi connectivity index (χ0v) is 17.7. The van der Waals surface area contributed by atoms with Crippen molar-refractivity contribution in [1.29, 1.82) is 0 Å². The highest BCUT2D eigenvalue weighted by Gasteiger charge is 2.06. The van der Waals surface area contributed by atoms with Crippen LogP contribution in [-0.2, 0) is 19.0 Å². The molecule has 1 atom stereocenters. The van der Waals surface area contributed by atoms with E-state index in [4.69, 9.17) is 14.2 Å². The first kappa shape index (κ1) is 25.4. The molecule has 0 aromatic rings. The highest BCUT2D eigenvalue weighted by molar-refractivity contribution is 5.69. The summed E-state index contributed by atoms with van der Waals surface area (Å²) in [6.45, 7) is 9.93. The molecule has 0 aromatic carbocycles. The van der Waals surface area contributed by atoms with Crippen LogP contribution in [0.25, 0.3) is 0 Å². The molecule has 26 heavy (non-hydrogen) atoms. The van der Waals surface area contributed by atoms with Gasteiger partial charge in [0.05, 0.1) is 19.8 Å². The molecule has 0 saturated heterocycles. The average Bonchev–Trinajstić information content (AvgIpc) is 2.65. The smallest absolute Gasteiger partial charge is 0.305 e. The zero-order chi connectivity index (χ0) is 19.3. The molecule has 0 aliphatic carbocycles. The summed E-state index contributed by atoms with van der Waals surface area (Å²) < 4.78 is 16.5. The predicted octanol–water partition coefficient (Wildman–Crippen LogP) is 5.92. The van der Waals surface area contributed by atoms with Gasteiger partial charge in [0.15, 0.2) is 0 Å². The first-order chi connectivity index (χ1) is 12.7. The highest BCUT2D eigenvalue weighted by atomic mass is 16.5.